The molecule has 2 heteroatoms. The first kappa shape index (κ1) is 23.2. The molecular weight excluding hydrogens is 392 g/mol. The molecular formula is C30H40O2. The van der Waals surface area contributed by atoms with Gasteiger partial charge in [-0.2, -0.15) is 0 Å². The molecule has 1 atom stereocenters. The van der Waals surface area contributed by atoms with Gasteiger partial charge < -0.3 is 4.74 Å². The van der Waals surface area contributed by atoms with E-state index in [9.17, 15) is 4.79 Å². The molecule has 2 aliphatic rings. The van der Waals surface area contributed by atoms with Crippen molar-refractivity contribution < 1.29 is 9.53 Å². The van der Waals surface area contributed by atoms with Gasteiger partial charge in [-0.1, -0.05) is 93.1 Å². The second kappa shape index (κ2) is 11.8. The quantitative estimate of drug-likeness (QED) is 0.376. The maximum Gasteiger partial charge on any atom is 0.166 e. The van der Waals surface area contributed by atoms with Crippen LogP contribution in [0.3, 0.4) is 0 Å². The van der Waals surface area contributed by atoms with Crippen LogP contribution >= 0.6 is 0 Å². The van der Waals surface area contributed by atoms with E-state index in [0.717, 1.165) is 18.4 Å². The molecule has 0 amide bonds. The molecule has 0 radical (unpaired) electrons. The van der Waals surface area contributed by atoms with Gasteiger partial charge in [-0.3, -0.25) is 4.79 Å². The third-order valence-corrected chi connectivity index (χ3v) is 8.01. The number of methoxy groups -OCH3 is 1. The van der Waals surface area contributed by atoms with Crippen molar-refractivity contribution in [1.82, 2.24) is 0 Å². The Morgan fingerprint density at radius 2 is 1.38 bits per heavy atom. The highest BCUT2D eigenvalue weighted by molar-refractivity contribution is 5.98. The van der Waals surface area contributed by atoms with Gasteiger partial charge in [0.05, 0.1) is 6.10 Å². The van der Waals surface area contributed by atoms with Crippen molar-refractivity contribution in [3.8, 4) is 0 Å². The summed E-state index contributed by atoms with van der Waals surface area (Å²) < 4.78 is 5.73. The van der Waals surface area contributed by atoms with Gasteiger partial charge in [-0.25, -0.2) is 0 Å². The van der Waals surface area contributed by atoms with Crippen LogP contribution in [-0.4, -0.2) is 12.9 Å². The predicted octanol–water partition coefficient (Wildman–Crippen LogP) is 7.97. The topological polar surface area (TPSA) is 26.3 Å². The third kappa shape index (κ3) is 5.90. The van der Waals surface area contributed by atoms with Gasteiger partial charge >= 0.3 is 0 Å². The van der Waals surface area contributed by atoms with Crippen LogP contribution in [-0.2, 0) is 11.2 Å². The second-order valence-electron chi connectivity index (χ2n) is 10.1. The van der Waals surface area contributed by atoms with E-state index in [0.29, 0.717) is 17.6 Å². The summed E-state index contributed by atoms with van der Waals surface area (Å²) >= 11 is 0. The standard InChI is InChI=1S/C30H40O2/c1-32-28(24-11-5-2-6-12-24)22-19-23-17-20-27(21-18-23)30(31)29(25-13-7-3-8-14-25)26-15-9-4-10-16-26/h2,5-6,11-12,17-18,20-21,25-26,28-29H,3-4,7-10,13-16,19,22H2,1H3. The Morgan fingerprint density at radius 1 is 0.812 bits per heavy atom. The number of carbonyl (C=O) groups excluding carboxylic acids is 1. The smallest absolute Gasteiger partial charge is 0.166 e. The van der Waals surface area contributed by atoms with Crippen LogP contribution in [0.15, 0.2) is 54.6 Å². The van der Waals surface area contributed by atoms with Crippen molar-refractivity contribution in [2.24, 2.45) is 17.8 Å². The van der Waals surface area contributed by atoms with E-state index in [2.05, 4.69) is 48.5 Å². The number of rotatable bonds is 9. The van der Waals surface area contributed by atoms with Crippen LogP contribution in [0.25, 0.3) is 0 Å². The Labute approximate surface area is 194 Å². The highest BCUT2D eigenvalue weighted by atomic mass is 16.5. The lowest BCUT2D eigenvalue weighted by atomic mass is 9.67. The summed E-state index contributed by atoms with van der Waals surface area (Å²) in [5.41, 5.74) is 3.44. The summed E-state index contributed by atoms with van der Waals surface area (Å²) in [6.45, 7) is 0. The summed E-state index contributed by atoms with van der Waals surface area (Å²) in [7, 11) is 1.79. The van der Waals surface area contributed by atoms with Gasteiger partial charge in [0, 0.05) is 18.6 Å². The van der Waals surface area contributed by atoms with Crippen LogP contribution in [0.4, 0.5) is 0 Å². The molecule has 0 N–H and O–H groups in total. The third-order valence-electron chi connectivity index (χ3n) is 8.01. The fourth-order valence-electron chi connectivity index (χ4n) is 6.21. The lowest BCUT2D eigenvalue weighted by molar-refractivity contribution is 0.0710. The summed E-state index contributed by atoms with van der Waals surface area (Å²) in [4.78, 5) is 13.7. The van der Waals surface area contributed by atoms with Crippen LogP contribution in [0, 0.1) is 17.8 Å². The second-order valence-corrected chi connectivity index (χ2v) is 10.1. The minimum atomic E-state index is 0.111. The Hall–Kier alpha value is -1.93. The van der Waals surface area contributed by atoms with E-state index in [1.54, 1.807) is 7.11 Å². The van der Waals surface area contributed by atoms with Crippen molar-refractivity contribution >= 4 is 5.78 Å². The lowest BCUT2D eigenvalue weighted by Crippen LogP contribution is -2.33. The molecule has 2 aromatic rings. The monoisotopic (exact) mass is 432 g/mol. The average Bonchev–Trinajstić information content (AvgIpc) is 2.87. The number of hydrogen-bond donors (Lipinski definition) is 0. The van der Waals surface area contributed by atoms with E-state index < -0.39 is 0 Å². The minimum Gasteiger partial charge on any atom is -0.377 e. The molecule has 2 saturated carbocycles. The molecule has 2 aliphatic carbocycles. The number of carbonyl (C=O) groups is 1. The maximum atomic E-state index is 13.7. The molecule has 4 rings (SSSR count). The summed E-state index contributed by atoms with van der Waals surface area (Å²) in [6.07, 6.45) is 15.0. The Balaban J connectivity index is 1.42. The first-order valence-corrected chi connectivity index (χ1v) is 13.0. The zero-order valence-electron chi connectivity index (χ0n) is 19.8. The fraction of sp³-hybridized carbons (Fsp3) is 0.567. The molecule has 0 spiro atoms. The minimum absolute atomic E-state index is 0.111. The molecule has 1 unspecified atom stereocenters. The predicted molar refractivity (Wildman–Crippen MR) is 132 cm³/mol. The molecule has 2 nitrogen and oxygen atoms in total. The highest BCUT2D eigenvalue weighted by Gasteiger charge is 2.36. The van der Waals surface area contributed by atoms with Crippen molar-refractivity contribution in [2.45, 2.75) is 83.2 Å². The van der Waals surface area contributed by atoms with E-state index in [1.165, 1.54) is 75.3 Å². The van der Waals surface area contributed by atoms with Crippen LogP contribution in [0.2, 0.25) is 0 Å². The molecule has 0 saturated heterocycles. The van der Waals surface area contributed by atoms with Gasteiger partial charge in [0.25, 0.3) is 0 Å². The Kier molecular flexibility index (Phi) is 8.56. The van der Waals surface area contributed by atoms with E-state index in [1.807, 2.05) is 6.07 Å². The number of aryl methyl sites for hydroxylation is 1. The SMILES string of the molecule is COC(CCc1ccc(C(=O)C(C2CCCCC2)C2CCCCC2)cc1)c1ccccc1. The van der Waals surface area contributed by atoms with Crippen LogP contribution in [0.5, 0.6) is 0 Å². The maximum absolute atomic E-state index is 13.7. The lowest BCUT2D eigenvalue weighted by Gasteiger charge is -2.37. The number of ketones is 1. The Bertz CT molecular complexity index is 796. The fourth-order valence-corrected chi connectivity index (χ4v) is 6.21. The highest BCUT2D eigenvalue weighted by Crippen LogP contribution is 2.41. The molecule has 2 fully saturated rings. The van der Waals surface area contributed by atoms with E-state index in [4.69, 9.17) is 4.74 Å². The van der Waals surface area contributed by atoms with Gasteiger partial charge in [0.15, 0.2) is 5.78 Å². The Morgan fingerprint density at radius 3 is 1.91 bits per heavy atom. The number of Topliss-reactive ketones (excluding diaryl/α,β-unsaturated/α-hetero) is 1. The zero-order chi connectivity index (χ0) is 22.2. The molecule has 0 aromatic heterocycles. The molecule has 172 valence electrons. The molecule has 32 heavy (non-hydrogen) atoms. The van der Waals surface area contributed by atoms with E-state index >= 15 is 0 Å². The molecule has 0 heterocycles. The molecule has 0 aliphatic heterocycles. The number of ether oxygens (including phenoxy) is 1. The largest absolute Gasteiger partial charge is 0.377 e. The van der Waals surface area contributed by atoms with Crippen molar-refractivity contribution in [3.63, 3.8) is 0 Å². The normalized spacial score (nSPS) is 19.2. The first-order valence-electron chi connectivity index (χ1n) is 13.0. The van der Waals surface area contributed by atoms with Gasteiger partial charge in [-0.15, -0.1) is 0 Å². The molecule has 0 bridgehead atoms. The zero-order valence-corrected chi connectivity index (χ0v) is 19.8. The average molecular weight is 433 g/mol. The summed E-state index contributed by atoms with van der Waals surface area (Å²) in [5.74, 6) is 1.88. The van der Waals surface area contributed by atoms with Gasteiger partial charge in [-0.05, 0) is 61.5 Å². The molecule has 2 aromatic carbocycles. The number of benzene rings is 2. The van der Waals surface area contributed by atoms with Crippen molar-refractivity contribution in [1.29, 1.82) is 0 Å². The van der Waals surface area contributed by atoms with Gasteiger partial charge in [0.1, 0.15) is 0 Å². The van der Waals surface area contributed by atoms with Crippen molar-refractivity contribution in [2.75, 3.05) is 7.11 Å². The van der Waals surface area contributed by atoms with Crippen molar-refractivity contribution in [3.05, 3.63) is 71.3 Å². The first-order chi connectivity index (χ1) is 15.8. The van der Waals surface area contributed by atoms with E-state index in [-0.39, 0.29) is 12.0 Å². The van der Waals surface area contributed by atoms with Crippen LogP contribution < -0.4 is 0 Å². The number of hydrogen-bond acceptors (Lipinski definition) is 2. The summed E-state index contributed by atoms with van der Waals surface area (Å²) in [6, 6.07) is 19.0. The summed E-state index contributed by atoms with van der Waals surface area (Å²) in [5, 5.41) is 0. The van der Waals surface area contributed by atoms with Gasteiger partial charge in [0.2, 0.25) is 0 Å². The van der Waals surface area contributed by atoms with Crippen LogP contribution in [0.1, 0.15) is 98.2 Å².